The maximum Gasteiger partial charge on any atom is 0.415 e. The number of carbonyl (C=O) groups excluding carboxylic acids is 5. The Morgan fingerprint density at radius 1 is 0.583 bits per heavy atom. The number of likely N-dealkylation sites (tertiary alicyclic amines) is 2. The summed E-state index contributed by atoms with van der Waals surface area (Å²) in [5, 5.41) is 11.9. The smallest absolute Gasteiger partial charge is 0.415 e. The molecule has 7 aromatic carbocycles. The molecule has 2 aliphatic rings. The predicted molar refractivity (Wildman–Crippen MR) is 413 cm³/mol. The number of rotatable bonds is 27. The molecule has 578 valence electrons. The highest BCUT2D eigenvalue weighted by molar-refractivity contribution is 7.85. The fourth-order valence-corrected chi connectivity index (χ4v) is 13.3. The number of H-pyrrole nitrogens is 1. The Kier molecular flexibility index (Phi) is 31.7. The highest BCUT2D eigenvalue weighted by atomic mass is 32.2. The minimum absolute atomic E-state index is 0.0230. The Hall–Kier alpha value is -10.4. The number of nitrogens with one attached hydrogen (secondary N) is 4. The first-order valence-corrected chi connectivity index (χ1v) is 38.6. The van der Waals surface area contributed by atoms with Gasteiger partial charge in [0.25, 0.3) is 0 Å². The van der Waals surface area contributed by atoms with Crippen LogP contribution < -0.4 is 29.0 Å². The molecule has 1 aromatic heterocycles. The number of hydrogen-bond acceptors (Lipinski definition) is 13. The monoisotopic (exact) mass is 1500 g/mol. The topological polar surface area (TPSA) is 240 Å². The molecule has 0 radical (unpaired) electrons. The van der Waals surface area contributed by atoms with E-state index in [-0.39, 0.29) is 55.4 Å². The Balaban J connectivity index is 0.000000206. The highest BCUT2D eigenvalue weighted by Crippen LogP contribution is 2.37. The first kappa shape index (κ1) is 83.3. The Morgan fingerprint density at radius 3 is 1.73 bits per heavy atom. The summed E-state index contributed by atoms with van der Waals surface area (Å²) in [7, 11) is -4.35. The number of aromatic amines is 1. The van der Waals surface area contributed by atoms with Gasteiger partial charge in [0, 0.05) is 77.0 Å². The maximum absolute atomic E-state index is 14.1. The van der Waals surface area contributed by atoms with Crippen LogP contribution in [0.4, 0.5) is 38.0 Å². The average molecular weight is 1510 g/mol. The second-order valence-electron chi connectivity index (χ2n) is 28.5. The van der Waals surface area contributed by atoms with Crippen molar-refractivity contribution < 1.29 is 68.7 Å². The molecule has 0 aliphatic carbocycles. The molecule has 0 unspecified atom stereocenters. The number of amides is 6. The third kappa shape index (κ3) is 26.0. The number of nitrogens with zero attached hydrogens (tertiary/aromatic N) is 4. The molecule has 108 heavy (non-hydrogen) atoms. The van der Waals surface area contributed by atoms with E-state index >= 15 is 0 Å². The Labute approximate surface area is 633 Å². The minimum atomic E-state index is -4.35. The molecule has 0 spiro atoms. The van der Waals surface area contributed by atoms with E-state index in [0.29, 0.717) is 74.4 Å². The molecule has 0 bridgehead atoms. The van der Waals surface area contributed by atoms with Crippen LogP contribution in [0.1, 0.15) is 201 Å². The van der Waals surface area contributed by atoms with Crippen LogP contribution in [-0.4, -0.2) is 109 Å². The number of unbranched alkanes of at least 4 members (excludes halogenated alkanes) is 3. The van der Waals surface area contributed by atoms with Gasteiger partial charge in [0.2, 0.25) is 5.91 Å². The van der Waals surface area contributed by atoms with Crippen LogP contribution in [0.3, 0.4) is 0 Å². The third-order valence-corrected chi connectivity index (χ3v) is 19.2. The van der Waals surface area contributed by atoms with Gasteiger partial charge in [-0.1, -0.05) is 173 Å². The maximum atomic E-state index is 14.1. The molecule has 2 fully saturated rings. The fourth-order valence-electron chi connectivity index (χ4n) is 12.5. The molecule has 24 heteroatoms. The van der Waals surface area contributed by atoms with E-state index in [9.17, 15) is 45.6 Å². The summed E-state index contributed by atoms with van der Waals surface area (Å²) in [6.45, 7) is 24.5. The molecular weight excluding hydrogens is 1400 g/mol. The number of para-hydroxylation sites is 2. The van der Waals surface area contributed by atoms with Gasteiger partial charge in [-0.15, -0.1) is 0 Å². The van der Waals surface area contributed by atoms with Gasteiger partial charge in [-0.2, -0.15) is 13.5 Å². The van der Waals surface area contributed by atoms with Crippen LogP contribution in [0.25, 0.3) is 11.3 Å². The van der Waals surface area contributed by atoms with Crippen molar-refractivity contribution in [3.05, 3.63) is 226 Å². The summed E-state index contributed by atoms with van der Waals surface area (Å²) < 4.78 is 97.2. The van der Waals surface area contributed by atoms with Gasteiger partial charge in [-0.3, -0.25) is 9.89 Å². The van der Waals surface area contributed by atoms with Crippen molar-refractivity contribution in [2.45, 2.75) is 182 Å². The van der Waals surface area contributed by atoms with Gasteiger partial charge < -0.3 is 48.5 Å². The lowest BCUT2D eigenvalue weighted by Crippen LogP contribution is -2.43. The quantitative estimate of drug-likeness (QED) is 0.0351. The van der Waals surface area contributed by atoms with Crippen LogP contribution in [0.2, 0.25) is 0 Å². The molecular formula is C84H103F3N8O12S. The molecule has 10 rings (SSSR count). The number of piperidine rings is 2. The van der Waals surface area contributed by atoms with Gasteiger partial charge in [0.15, 0.2) is 17.4 Å². The van der Waals surface area contributed by atoms with Crippen LogP contribution in [0.15, 0.2) is 164 Å². The van der Waals surface area contributed by atoms with E-state index in [2.05, 4.69) is 79.2 Å². The van der Waals surface area contributed by atoms with Crippen molar-refractivity contribution in [2.75, 3.05) is 44.6 Å². The lowest BCUT2D eigenvalue weighted by Gasteiger charge is -2.30. The van der Waals surface area contributed by atoms with E-state index in [4.69, 9.17) is 23.1 Å². The number of anilines is 1. The van der Waals surface area contributed by atoms with Gasteiger partial charge in [-0.05, 0) is 167 Å². The number of benzene rings is 7. The highest BCUT2D eigenvalue weighted by Gasteiger charge is 2.29. The molecule has 4 N–H and O–H groups in total. The van der Waals surface area contributed by atoms with Gasteiger partial charge in [0.1, 0.15) is 34.9 Å². The van der Waals surface area contributed by atoms with Gasteiger partial charge in [0.05, 0.1) is 18.7 Å². The average Bonchev–Trinajstić information content (AvgIpc) is 0.847. The van der Waals surface area contributed by atoms with Crippen LogP contribution in [0.5, 0.6) is 23.0 Å². The van der Waals surface area contributed by atoms with Crippen molar-refractivity contribution in [3.63, 3.8) is 0 Å². The van der Waals surface area contributed by atoms with Crippen molar-refractivity contribution >= 4 is 46.2 Å². The number of hydrogen-bond donors (Lipinski definition) is 4. The summed E-state index contributed by atoms with van der Waals surface area (Å²) in [6.07, 6.45) is 8.27. The zero-order valence-corrected chi connectivity index (χ0v) is 64.3. The number of carbonyl (C=O) groups is 5. The zero-order chi connectivity index (χ0) is 77.9. The normalized spacial score (nSPS) is 13.1. The first-order valence-electron chi connectivity index (χ1n) is 37.2. The third-order valence-electron chi connectivity index (χ3n) is 18.4. The number of halogens is 3. The lowest BCUT2D eigenvalue weighted by molar-refractivity contribution is -0.118. The van der Waals surface area contributed by atoms with Crippen molar-refractivity contribution in [1.82, 2.24) is 34.9 Å². The lowest BCUT2D eigenvalue weighted by atomic mass is 9.83. The van der Waals surface area contributed by atoms with Crippen molar-refractivity contribution in [2.24, 2.45) is 0 Å². The zero-order valence-electron chi connectivity index (χ0n) is 63.5. The Morgan fingerprint density at radius 2 is 1.14 bits per heavy atom. The number of aromatic nitrogens is 2. The minimum Gasteiger partial charge on any atom is -0.457 e. The van der Waals surface area contributed by atoms with Crippen molar-refractivity contribution in [1.29, 1.82) is 0 Å². The summed E-state index contributed by atoms with van der Waals surface area (Å²) >= 11 is 0. The second-order valence-corrected chi connectivity index (χ2v) is 29.8. The predicted octanol–water partition coefficient (Wildman–Crippen LogP) is 19.4. The second kappa shape index (κ2) is 41.1. The van der Waals surface area contributed by atoms with Gasteiger partial charge in [-0.25, -0.2) is 37.1 Å². The molecule has 0 saturated carbocycles. The molecule has 2 saturated heterocycles. The molecule has 3 heterocycles. The molecule has 8 aromatic rings. The standard InChI is InChI=1S/C31H41N3O7.C29H43NO4S.C24H19F3N4O/c35-29(32-19-7-1-2-10-24-38-30(36)33-20-8-4-9-21-33)40-28-17-22-34(23-18-28)31(37)41-27-15-13-26(14-16-27)39-25-11-5-3-6-12-25;1-17(2)22-14-25(20(7)8)27(26(15-22)21(9)10)16-28(31)30-35(32,33)34-29-23(18(3)4)12-11-13-24(29)19(5)6;25-19-12-20(26)23(21(27)13-19)29-24(32)31(14-16-5-2-1-3-6-16)15-17-7-4-8-18(11-17)22-9-10-28-30-22/h3,5-6,11-16,28H,1-2,4,7-10,17-24H2,(H,32,35);11-15,17-21H,16H2,1-10H3,(H,30,31);1-13H,14-15H2,(H,28,30)(H,29,32). The summed E-state index contributed by atoms with van der Waals surface area (Å²) in [6, 6.07) is 45.2. The number of alkyl carbamates (subject to hydrolysis) is 1. The summed E-state index contributed by atoms with van der Waals surface area (Å²) in [5.41, 5.74) is 8.54. The Bertz CT molecular complexity index is 4250. The van der Waals surface area contributed by atoms with E-state index in [1.165, 1.54) is 16.9 Å². The summed E-state index contributed by atoms with van der Waals surface area (Å²) in [5.74, 6) is -1.00. The number of urea groups is 1. The van der Waals surface area contributed by atoms with Crippen LogP contribution >= 0.6 is 0 Å². The van der Waals surface area contributed by atoms with E-state index in [1.54, 1.807) is 40.3 Å². The van der Waals surface area contributed by atoms with Crippen LogP contribution in [-0.2, 0) is 44.1 Å². The largest absolute Gasteiger partial charge is 0.457 e. The fraction of sp³-hybridized carbons (Fsp3) is 0.405. The molecule has 20 nitrogen and oxygen atoms in total. The SMILES string of the molecule is CC(C)c1cc(C(C)C)c(CC(=O)NS(=O)(=O)Oc2c(C(C)C)cccc2C(C)C)c(C(C)C)c1.O=C(NCCCCCCOC(=O)N1CCCCC1)OC1CCN(C(=O)Oc2ccc(Oc3ccccc3)cc2)CC1.O=C(Nc1c(F)cc(F)cc1F)N(Cc1ccccc1)Cc1cccc(-c2ccn[nH]2)c1. The van der Waals surface area contributed by atoms with E-state index in [1.807, 2.05) is 137 Å². The van der Waals surface area contributed by atoms with Gasteiger partial charge >= 0.3 is 34.6 Å². The summed E-state index contributed by atoms with van der Waals surface area (Å²) in [4.78, 5) is 67.6. The van der Waals surface area contributed by atoms with Crippen molar-refractivity contribution in [3.8, 4) is 34.3 Å². The van der Waals surface area contributed by atoms with Crippen LogP contribution in [0, 0.1) is 17.5 Å². The van der Waals surface area contributed by atoms with E-state index in [0.717, 1.165) is 108 Å². The molecule has 2 aliphatic heterocycles. The molecule has 0 atom stereocenters. The molecule has 6 amide bonds. The number of ether oxygens (including phenoxy) is 4. The van der Waals surface area contributed by atoms with E-state index < -0.39 is 57.6 Å². The first-order chi connectivity index (χ1) is 51.7.